The van der Waals surface area contributed by atoms with Crippen LogP contribution in [0.5, 0.6) is 0 Å². The molecule has 7 heteroatoms. The predicted molar refractivity (Wildman–Crippen MR) is 99.2 cm³/mol. The van der Waals surface area contributed by atoms with Crippen LogP contribution >= 0.6 is 0 Å². The lowest BCUT2D eigenvalue weighted by molar-refractivity contribution is -0.119. The van der Waals surface area contributed by atoms with Gasteiger partial charge in [0, 0.05) is 36.7 Å². The predicted octanol–water partition coefficient (Wildman–Crippen LogP) is 1.93. The first-order chi connectivity index (χ1) is 12.1. The average Bonchev–Trinajstić information content (AvgIpc) is 3.00. The quantitative estimate of drug-likeness (QED) is 0.435. The lowest BCUT2D eigenvalue weighted by Crippen LogP contribution is -2.39. The van der Waals surface area contributed by atoms with Gasteiger partial charge in [0.1, 0.15) is 12.4 Å². The van der Waals surface area contributed by atoms with Gasteiger partial charge in [0.05, 0.1) is 0 Å². The highest BCUT2D eigenvalue weighted by Crippen LogP contribution is 2.19. The molecule has 0 saturated heterocycles. The molecule has 0 aliphatic carbocycles. The van der Waals surface area contributed by atoms with E-state index in [2.05, 4.69) is 25.9 Å². The van der Waals surface area contributed by atoms with Crippen molar-refractivity contribution >= 4 is 22.8 Å². The van der Waals surface area contributed by atoms with Gasteiger partial charge in [-0.15, -0.1) is 0 Å². The Morgan fingerprint density at radius 1 is 1.20 bits per heavy atom. The van der Waals surface area contributed by atoms with Gasteiger partial charge < -0.3 is 20.9 Å². The zero-order valence-corrected chi connectivity index (χ0v) is 14.8. The Bertz CT molecular complexity index is 725. The van der Waals surface area contributed by atoms with Gasteiger partial charge in [0.2, 0.25) is 5.91 Å². The van der Waals surface area contributed by atoms with Crippen LogP contribution in [0.4, 0.5) is 4.39 Å². The Morgan fingerprint density at radius 2 is 2.04 bits per heavy atom. The molecule has 2 aromatic rings. The first kappa shape index (κ1) is 18.8. The summed E-state index contributed by atoms with van der Waals surface area (Å²) in [6.07, 6.45) is 3.52. The molecule has 1 aromatic heterocycles. The number of amides is 1. The van der Waals surface area contributed by atoms with E-state index in [1.54, 1.807) is 12.1 Å². The number of rotatable bonds is 8. The highest BCUT2D eigenvalue weighted by Gasteiger charge is 2.06. The summed E-state index contributed by atoms with van der Waals surface area (Å²) < 4.78 is 13.4. The Labute approximate surface area is 147 Å². The van der Waals surface area contributed by atoms with Crippen LogP contribution in [-0.2, 0) is 11.2 Å². The maximum absolute atomic E-state index is 13.4. The number of nitrogens with one attached hydrogen (secondary N) is 4. The van der Waals surface area contributed by atoms with E-state index in [-0.39, 0.29) is 18.3 Å². The number of fused-ring (bicyclic) bond motifs is 1. The number of halogens is 1. The molecular weight excluding hydrogens is 321 g/mol. The van der Waals surface area contributed by atoms with Gasteiger partial charge in [-0.2, -0.15) is 0 Å². The molecule has 6 nitrogen and oxygen atoms in total. The van der Waals surface area contributed by atoms with E-state index in [1.165, 1.54) is 6.07 Å². The van der Waals surface area contributed by atoms with Crippen molar-refractivity contribution in [2.45, 2.75) is 26.7 Å². The molecule has 0 atom stereocenters. The second kappa shape index (κ2) is 9.66. The minimum absolute atomic E-state index is 0.0909. The maximum Gasteiger partial charge on any atom is 0.241 e. The number of aromatic amines is 1. The average molecular weight is 347 g/mol. The van der Waals surface area contributed by atoms with E-state index in [4.69, 9.17) is 0 Å². The number of hydrogen-bond donors (Lipinski definition) is 4. The van der Waals surface area contributed by atoms with Gasteiger partial charge in [-0.25, -0.2) is 9.38 Å². The number of nitrogens with zero attached hydrogens (tertiary/aromatic N) is 1. The molecule has 0 radical (unpaired) electrons. The van der Waals surface area contributed by atoms with Gasteiger partial charge in [-0.3, -0.25) is 4.79 Å². The maximum atomic E-state index is 13.4. The fraction of sp³-hybridized carbons (Fsp3) is 0.444. The van der Waals surface area contributed by atoms with Gasteiger partial charge in [0.15, 0.2) is 5.96 Å². The number of aliphatic imine (C=N–C) groups is 1. The van der Waals surface area contributed by atoms with Crippen molar-refractivity contribution in [1.29, 1.82) is 0 Å². The second-order valence-electron chi connectivity index (χ2n) is 5.73. The third-order valence-electron chi connectivity index (χ3n) is 3.71. The van der Waals surface area contributed by atoms with Crippen molar-refractivity contribution in [3.8, 4) is 0 Å². The third kappa shape index (κ3) is 5.77. The molecule has 0 saturated carbocycles. The Hall–Kier alpha value is -2.57. The standard InChI is InChI=1S/C18H26FN5O/c1-3-8-21-17(25)12-24-18(20-4-2)22-9-7-13-11-23-16-6-5-14(19)10-15(13)16/h5-6,10-11,23H,3-4,7-9,12H2,1-2H3,(H,21,25)(H2,20,22,24). The molecule has 0 spiro atoms. The monoisotopic (exact) mass is 347 g/mol. The van der Waals surface area contributed by atoms with Crippen molar-refractivity contribution in [3.63, 3.8) is 0 Å². The summed E-state index contributed by atoms with van der Waals surface area (Å²) in [5.74, 6) is 0.264. The van der Waals surface area contributed by atoms with Crippen LogP contribution in [0.1, 0.15) is 25.8 Å². The lowest BCUT2D eigenvalue weighted by atomic mass is 10.1. The van der Waals surface area contributed by atoms with Crippen LogP contribution in [0.3, 0.4) is 0 Å². The van der Waals surface area contributed by atoms with Gasteiger partial charge in [-0.05, 0) is 43.5 Å². The SMILES string of the molecule is CCCNC(=O)CN=C(NCC)NCCc1c[nH]c2ccc(F)cc12. The number of carbonyl (C=O) groups excluding carboxylic acids is 1. The normalized spacial score (nSPS) is 11.6. The molecule has 0 fully saturated rings. The molecule has 0 aliphatic rings. The highest BCUT2D eigenvalue weighted by atomic mass is 19.1. The van der Waals surface area contributed by atoms with E-state index in [0.29, 0.717) is 25.6 Å². The zero-order valence-electron chi connectivity index (χ0n) is 14.8. The van der Waals surface area contributed by atoms with Crippen molar-refractivity contribution in [1.82, 2.24) is 20.9 Å². The zero-order chi connectivity index (χ0) is 18.1. The number of guanidine groups is 1. The van der Waals surface area contributed by atoms with Crippen LogP contribution in [0, 0.1) is 5.82 Å². The molecule has 1 amide bonds. The number of hydrogen-bond acceptors (Lipinski definition) is 2. The van der Waals surface area contributed by atoms with Crippen LogP contribution in [0.25, 0.3) is 10.9 Å². The van der Waals surface area contributed by atoms with Gasteiger partial charge >= 0.3 is 0 Å². The number of carbonyl (C=O) groups is 1. The van der Waals surface area contributed by atoms with E-state index < -0.39 is 0 Å². The minimum Gasteiger partial charge on any atom is -0.361 e. The van der Waals surface area contributed by atoms with E-state index >= 15 is 0 Å². The van der Waals surface area contributed by atoms with Crippen LogP contribution in [-0.4, -0.2) is 43.0 Å². The molecule has 0 unspecified atom stereocenters. The van der Waals surface area contributed by atoms with Crippen molar-refractivity contribution in [2.24, 2.45) is 4.99 Å². The fourth-order valence-corrected chi connectivity index (χ4v) is 2.49. The van der Waals surface area contributed by atoms with E-state index in [0.717, 1.165) is 29.3 Å². The van der Waals surface area contributed by atoms with Crippen molar-refractivity contribution in [3.05, 3.63) is 35.8 Å². The van der Waals surface area contributed by atoms with Crippen molar-refractivity contribution in [2.75, 3.05) is 26.2 Å². The molecular formula is C18H26FN5O. The molecule has 0 bridgehead atoms. The molecule has 25 heavy (non-hydrogen) atoms. The smallest absolute Gasteiger partial charge is 0.241 e. The van der Waals surface area contributed by atoms with Crippen LogP contribution in [0.2, 0.25) is 0 Å². The summed E-state index contributed by atoms with van der Waals surface area (Å²) in [5, 5.41) is 10.00. The third-order valence-corrected chi connectivity index (χ3v) is 3.71. The van der Waals surface area contributed by atoms with Gasteiger partial charge in [-0.1, -0.05) is 6.92 Å². The van der Waals surface area contributed by atoms with Gasteiger partial charge in [0.25, 0.3) is 0 Å². The molecule has 1 aromatic carbocycles. The lowest BCUT2D eigenvalue weighted by Gasteiger charge is -2.11. The van der Waals surface area contributed by atoms with E-state index in [1.807, 2.05) is 20.0 Å². The summed E-state index contributed by atoms with van der Waals surface area (Å²) in [5.41, 5.74) is 1.96. The second-order valence-corrected chi connectivity index (χ2v) is 5.73. The summed E-state index contributed by atoms with van der Waals surface area (Å²) in [4.78, 5) is 19.1. The highest BCUT2D eigenvalue weighted by molar-refractivity contribution is 5.85. The Kier molecular flexibility index (Phi) is 7.25. The molecule has 2 rings (SSSR count). The minimum atomic E-state index is -0.241. The molecule has 0 aliphatic heterocycles. The van der Waals surface area contributed by atoms with E-state index in [9.17, 15) is 9.18 Å². The molecule has 1 heterocycles. The fourth-order valence-electron chi connectivity index (χ4n) is 2.49. The van der Waals surface area contributed by atoms with Crippen LogP contribution < -0.4 is 16.0 Å². The number of benzene rings is 1. The summed E-state index contributed by atoms with van der Waals surface area (Å²) in [6, 6.07) is 4.72. The topological polar surface area (TPSA) is 81.3 Å². The summed E-state index contributed by atoms with van der Waals surface area (Å²) in [7, 11) is 0. The van der Waals surface area contributed by atoms with Crippen LogP contribution in [0.15, 0.2) is 29.4 Å². The first-order valence-corrected chi connectivity index (χ1v) is 8.68. The summed E-state index contributed by atoms with van der Waals surface area (Å²) >= 11 is 0. The number of H-pyrrole nitrogens is 1. The first-order valence-electron chi connectivity index (χ1n) is 8.68. The number of aromatic nitrogens is 1. The Balaban J connectivity index is 1.89. The molecule has 136 valence electrons. The Morgan fingerprint density at radius 3 is 2.80 bits per heavy atom. The van der Waals surface area contributed by atoms with Crippen molar-refractivity contribution < 1.29 is 9.18 Å². The largest absolute Gasteiger partial charge is 0.361 e. The summed E-state index contributed by atoms with van der Waals surface area (Å²) in [6.45, 7) is 6.07. The molecule has 4 N–H and O–H groups in total.